The summed E-state index contributed by atoms with van der Waals surface area (Å²) in [6.45, 7) is 4.46. The highest BCUT2D eigenvalue weighted by molar-refractivity contribution is 5.85. The molecule has 0 aliphatic carbocycles. The average Bonchev–Trinajstić information content (AvgIpc) is 3.34. The van der Waals surface area contributed by atoms with Gasteiger partial charge in [0.25, 0.3) is 0 Å². The van der Waals surface area contributed by atoms with Gasteiger partial charge in [0.15, 0.2) is 11.5 Å². The number of amides is 1. The fourth-order valence-corrected chi connectivity index (χ4v) is 4.90. The summed E-state index contributed by atoms with van der Waals surface area (Å²) in [5.74, 6) is 1.34. The van der Waals surface area contributed by atoms with Crippen molar-refractivity contribution in [3.63, 3.8) is 0 Å². The molecule has 0 unspecified atom stereocenters. The maximum absolute atomic E-state index is 13.1. The van der Waals surface area contributed by atoms with Gasteiger partial charge in [-0.15, -0.1) is 0 Å². The maximum atomic E-state index is 13.1. The molecule has 2 saturated heterocycles. The topological polar surface area (TPSA) is 65.1 Å². The van der Waals surface area contributed by atoms with E-state index in [-0.39, 0.29) is 30.8 Å². The van der Waals surface area contributed by atoms with E-state index in [0.717, 1.165) is 30.6 Å². The lowest BCUT2D eigenvalue weighted by Gasteiger charge is -2.34. The number of carbonyl (C=O) groups excluding carboxylic acids is 2. The number of fused-ring (bicyclic) bond motifs is 3. The molecule has 0 saturated carbocycles. The van der Waals surface area contributed by atoms with E-state index in [9.17, 15) is 9.59 Å². The van der Waals surface area contributed by atoms with Crippen LogP contribution in [0.25, 0.3) is 0 Å². The van der Waals surface area contributed by atoms with E-state index in [1.165, 1.54) is 0 Å². The van der Waals surface area contributed by atoms with Crippen LogP contribution in [0.4, 0.5) is 0 Å². The van der Waals surface area contributed by atoms with E-state index in [0.29, 0.717) is 25.2 Å². The molecule has 3 aliphatic rings. The second-order valence-corrected chi connectivity index (χ2v) is 7.35. The van der Waals surface area contributed by atoms with Crippen molar-refractivity contribution in [1.82, 2.24) is 4.90 Å². The fraction of sp³-hybridized carbons (Fsp3) is 0.600. The number of carbonyl (C=O) groups is 2. The summed E-state index contributed by atoms with van der Waals surface area (Å²) in [7, 11) is 0. The molecule has 0 radical (unpaired) electrons. The normalized spacial score (nSPS) is 28.5. The van der Waals surface area contributed by atoms with Crippen LogP contribution < -0.4 is 9.47 Å². The van der Waals surface area contributed by atoms with Gasteiger partial charge in [-0.25, -0.2) is 0 Å². The summed E-state index contributed by atoms with van der Waals surface area (Å²) >= 11 is 0. The van der Waals surface area contributed by atoms with Crippen molar-refractivity contribution in [2.45, 2.75) is 58.0 Å². The van der Waals surface area contributed by atoms with Gasteiger partial charge < -0.3 is 19.1 Å². The molecule has 3 heterocycles. The molecule has 1 aromatic carbocycles. The number of rotatable bonds is 5. The van der Waals surface area contributed by atoms with Crippen molar-refractivity contribution in [3.8, 4) is 11.5 Å². The SMILES string of the molecule is CCOC(=O)[C@@]1(CC)C[C@H]2CC[C@@H]1N2C(=O)Cc1ccc2c(c1)OCO2. The molecule has 3 aliphatic heterocycles. The lowest BCUT2D eigenvalue weighted by atomic mass is 9.72. The van der Waals surface area contributed by atoms with E-state index in [1.54, 1.807) is 0 Å². The second-order valence-electron chi connectivity index (χ2n) is 7.35. The Morgan fingerprint density at radius 2 is 2.04 bits per heavy atom. The van der Waals surface area contributed by atoms with E-state index < -0.39 is 5.41 Å². The lowest BCUT2D eigenvalue weighted by molar-refractivity contribution is -0.158. The monoisotopic (exact) mass is 359 g/mol. The zero-order valence-electron chi connectivity index (χ0n) is 15.3. The summed E-state index contributed by atoms with van der Waals surface area (Å²) in [6, 6.07) is 5.72. The Morgan fingerprint density at radius 3 is 2.81 bits per heavy atom. The zero-order chi connectivity index (χ0) is 18.3. The van der Waals surface area contributed by atoms with E-state index in [4.69, 9.17) is 14.2 Å². The van der Waals surface area contributed by atoms with Crippen molar-refractivity contribution in [3.05, 3.63) is 23.8 Å². The van der Waals surface area contributed by atoms with Crippen LogP contribution in [0, 0.1) is 5.41 Å². The number of esters is 1. The van der Waals surface area contributed by atoms with Crippen molar-refractivity contribution in [1.29, 1.82) is 0 Å². The molecule has 1 amide bonds. The number of nitrogens with zero attached hydrogens (tertiary/aromatic N) is 1. The van der Waals surface area contributed by atoms with Crippen LogP contribution in [-0.4, -0.2) is 42.3 Å². The highest BCUT2D eigenvalue weighted by atomic mass is 16.7. The minimum absolute atomic E-state index is 0.0435. The highest BCUT2D eigenvalue weighted by Crippen LogP contribution is 2.52. The standard InChI is InChI=1S/C20H25NO5/c1-3-20(19(23)24-4-2)11-14-6-8-17(20)21(14)18(22)10-13-5-7-15-16(9-13)26-12-25-15/h5,7,9,14,17H,3-4,6,8,10-12H2,1-2H3/t14-,17+,20+/m1/s1. The smallest absolute Gasteiger partial charge is 0.314 e. The lowest BCUT2D eigenvalue weighted by Crippen LogP contribution is -2.46. The molecular formula is C20H25NO5. The van der Waals surface area contributed by atoms with Crippen molar-refractivity contribution >= 4 is 11.9 Å². The predicted molar refractivity (Wildman–Crippen MR) is 93.9 cm³/mol. The number of hydrogen-bond donors (Lipinski definition) is 0. The molecule has 140 valence electrons. The molecule has 0 N–H and O–H groups in total. The molecular weight excluding hydrogens is 334 g/mol. The molecule has 0 spiro atoms. The Labute approximate surface area is 153 Å². The van der Waals surface area contributed by atoms with E-state index in [2.05, 4.69) is 0 Å². The van der Waals surface area contributed by atoms with Gasteiger partial charge in [0, 0.05) is 12.1 Å². The summed E-state index contributed by atoms with van der Waals surface area (Å²) < 4.78 is 16.1. The Morgan fingerprint density at radius 1 is 1.23 bits per heavy atom. The van der Waals surface area contributed by atoms with Crippen molar-refractivity contribution in [2.24, 2.45) is 5.41 Å². The number of ether oxygens (including phenoxy) is 3. The predicted octanol–water partition coefficient (Wildman–Crippen LogP) is 2.68. The van der Waals surface area contributed by atoms with Gasteiger partial charge in [0.2, 0.25) is 12.7 Å². The van der Waals surface area contributed by atoms with Gasteiger partial charge in [-0.1, -0.05) is 13.0 Å². The molecule has 6 nitrogen and oxygen atoms in total. The third-order valence-electron chi connectivity index (χ3n) is 6.13. The summed E-state index contributed by atoms with van der Waals surface area (Å²) in [4.78, 5) is 27.7. The first kappa shape index (κ1) is 17.2. The van der Waals surface area contributed by atoms with Crippen LogP contribution in [0.1, 0.15) is 45.1 Å². The van der Waals surface area contributed by atoms with Crippen LogP contribution >= 0.6 is 0 Å². The Kier molecular flexibility index (Phi) is 4.29. The molecule has 2 fully saturated rings. The average molecular weight is 359 g/mol. The summed E-state index contributed by atoms with van der Waals surface area (Å²) in [5.41, 5.74) is 0.368. The minimum Gasteiger partial charge on any atom is -0.466 e. The molecule has 26 heavy (non-hydrogen) atoms. The minimum atomic E-state index is -0.538. The number of hydrogen-bond acceptors (Lipinski definition) is 5. The van der Waals surface area contributed by atoms with Gasteiger partial charge in [0.1, 0.15) is 0 Å². The van der Waals surface area contributed by atoms with Gasteiger partial charge in [0.05, 0.1) is 18.4 Å². The quantitative estimate of drug-likeness (QED) is 0.756. The molecule has 1 aromatic rings. The summed E-state index contributed by atoms with van der Waals surface area (Å²) in [5, 5.41) is 0. The number of benzene rings is 1. The van der Waals surface area contributed by atoms with Crippen LogP contribution in [0.2, 0.25) is 0 Å². The van der Waals surface area contributed by atoms with Crippen LogP contribution in [0.3, 0.4) is 0 Å². The molecule has 2 bridgehead atoms. The first-order chi connectivity index (χ1) is 12.6. The third kappa shape index (κ3) is 2.54. The highest BCUT2D eigenvalue weighted by Gasteiger charge is 2.60. The first-order valence-electron chi connectivity index (χ1n) is 9.46. The largest absolute Gasteiger partial charge is 0.466 e. The zero-order valence-corrected chi connectivity index (χ0v) is 15.3. The van der Waals surface area contributed by atoms with Crippen LogP contribution in [0.15, 0.2) is 18.2 Å². The van der Waals surface area contributed by atoms with Crippen molar-refractivity contribution in [2.75, 3.05) is 13.4 Å². The van der Waals surface area contributed by atoms with E-state index >= 15 is 0 Å². The molecule has 3 atom stereocenters. The van der Waals surface area contributed by atoms with Gasteiger partial charge in [-0.2, -0.15) is 0 Å². The molecule has 6 heteroatoms. The summed E-state index contributed by atoms with van der Waals surface area (Å²) in [6.07, 6.45) is 3.59. The van der Waals surface area contributed by atoms with Crippen molar-refractivity contribution < 1.29 is 23.8 Å². The third-order valence-corrected chi connectivity index (χ3v) is 6.13. The molecule has 4 rings (SSSR count). The maximum Gasteiger partial charge on any atom is 0.314 e. The second kappa shape index (κ2) is 6.49. The fourth-order valence-electron chi connectivity index (χ4n) is 4.90. The Bertz CT molecular complexity index is 733. The van der Waals surface area contributed by atoms with Crippen LogP contribution in [-0.2, 0) is 20.7 Å². The van der Waals surface area contributed by atoms with Gasteiger partial charge >= 0.3 is 5.97 Å². The van der Waals surface area contributed by atoms with E-state index in [1.807, 2.05) is 36.9 Å². The van der Waals surface area contributed by atoms with Crippen LogP contribution in [0.5, 0.6) is 11.5 Å². The van der Waals surface area contributed by atoms with Gasteiger partial charge in [-0.05, 0) is 50.3 Å². The first-order valence-corrected chi connectivity index (χ1v) is 9.46. The van der Waals surface area contributed by atoms with Gasteiger partial charge in [-0.3, -0.25) is 9.59 Å². The molecule has 0 aromatic heterocycles. The Hall–Kier alpha value is -2.24. The Balaban J connectivity index is 1.52.